The molecule has 0 saturated heterocycles. The molecular formula is C12H13NO2. The smallest absolute Gasteiger partial charge is 0.258 e. The SMILES string of the molecule is CC(C)c1ccc2c(c1)C(=O)NC(=O)C2. The van der Waals surface area contributed by atoms with E-state index in [1.807, 2.05) is 18.2 Å². The van der Waals surface area contributed by atoms with Gasteiger partial charge in [-0.15, -0.1) is 0 Å². The van der Waals surface area contributed by atoms with Crippen molar-refractivity contribution in [3.63, 3.8) is 0 Å². The third-order valence-corrected chi connectivity index (χ3v) is 2.65. The molecule has 3 heteroatoms. The molecule has 2 rings (SSSR count). The van der Waals surface area contributed by atoms with E-state index >= 15 is 0 Å². The first-order chi connectivity index (χ1) is 7.08. The van der Waals surface area contributed by atoms with Gasteiger partial charge in [0.1, 0.15) is 0 Å². The van der Waals surface area contributed by atoms with Gasteiger partial charge in [-0.25, -0.2) is 0 Å². The molecule has 0 aliphatic carbocycles. The second-order valence-corrected chi connectivity index (χ2v) is 4.13. The van der Waals surface area contributed by atoms with Gasteiger partial charge in [0.25, 0.3) is 5.91 Å². The van der Waals surface area contributed by atoms with E-state index in [4.69, 9.17) is 0 Å². The van der Waals surface area contributed by atoms with E-state index in [2.05, 4.69) is 19.2 Å². The summed E-state index contributed by atoms with van der Waals surface area (Å²) >= 11 is 0. The third kappa shape index (κ3) is 1.77. The molecule has 0 atom stereocenters. The van der Waals surface area contributed by atoms with Crippen molar-refractivity contribution >= 4 is 11.8 Å². The number of fused-ring (bicyclic) bond motifs is 1. The van der Waals surface area contributed by atoms with Gasteiger partial charge >= 0.3 is 0 Å². The minimum Gasteiger partial charge on any atom is -0.292 e. The summed E-state index contributed by atoms with van der Waals surface area (Å²) in [6.07, 6.45) is 0.305. The third-order valence-electron chi connectivity index (χ3n) is 2.65. The summed E-state index contributed by atoms with van der Waals surface area (Å²) in [5.41, 5.74) is 2.59. The van der Waals surface area contributed by atoms with Crippen LogP contribution < -0.4 is 5.32 Å². The molecule has 0 aromatic heterocycles. The van der Waals surface area contributed by atoms with Crippen LogP contribution in [0.4, 0.5) is 0 Å². The zero-order chi connectivity index (χ0) is 11.0. The average molecular weight is 203 g/mol. The van der Waals surface area contributed by atoms with Gasteiger partial charge in [0.2, 0.25) is 5.91 Å². The minimum absolute atomic E-state index is 0.218. The molecule has 15 heavy (non-hydrogen) atoms. The monoisotopic (exact) mass is 203 g/mol. The molecular weight excluding hydrogens is 190 g/mol. The number of imide groups is 1. The van der Waals surface area contributed by atoms with Crippen molar-refractivity contribution in [1.82, 2.24) is 5.32 Å². The summed E-state index contributed by atoms with van der Waals surface area (Å²) in [5, 5.41) is 2.32. The van der Waals surface area contributed by atoms with Crippen LogP contribution in [0.5, 0.6) is 0 Å². The maximum Gasteiger partial charge on any atom is 0.258 e. The lowest BCUT2D eigenvalue weighted by molar-refractivity contribution is -0.119. The number of benzene rings is 1. The lowest BCUT2D eigenvalue weighted by Gasteiger charge is -2.17. The van der Waals surface area contributed by atoms with E-state index < -0.39 is 0 Å². The van der Waals surface area contributed by atoms with Crippen LogP contribution in [0.2, 0.25) is 0 Å². The Bertz CT molecular complexity index is 435. The Hall–Kier alpha value is -1.64. The van der Waals surface area contributed by atoms with E-state index in [9.17, 15) is 9.59 Å². The molecule has 78 valence electrons. The van der Waals surface area contributed by atoms with Crippen LogP contribution in [0.25, 0.3) is 0 Å². The van der Waals surface area contributed by atoms with E-state index in [1.54, 1.807) is 0 Å². The van der Waals surface area contributed by atoms with Crippen molar-refractivity contribution in [3.05, 3.63) is 34.9 Å². The van der Waals surface area contributed by atoms with Crippen LogP contribution in [0.1, 0.15) is 41.3 Å². The van der Waals surface area contributed by atoms with Crippen molar-refractivity contribution < 1.29 is 9.59 Å². The fraction of sp³-hybridized carbons (Fsp3) is 0.333. The van der Waals surface area contributed by atoms with Crippen LogP contribution in [0, 0.1) is 0 Å². The van der Waals surface area contributed by atoms with Gasteiger partial charge in [-0.05, 0) is 23.1 Å². The van der Waals surface area contributed by atoms with Gasteiger partial charge in [-0.3, -0.25) is 14.9 Å². The van der Waals surface area contributed by atoms with Gasteiger partial charge in [0.15, 0.2) is 0 Å². The van der Waals surface area contributed by atoms with E-state index in [0.29, 0.717) is 17.9 Å². The molecule has 0 saturated carbocycles. The Morgan fingerprint density at radius 3 is 2.67 bits per heavy atom. The fourth-order valence-electron chi connectivity index (χ4n) is 1.73. The predicted octanol–water partition coefficient (Wildman–Crippen LogP) is 1.62. The van der Waals surface area contributed by atoms with Crippen molar-refractivity contribution in [3.8, 4) is 0 Å². The molecule has 0 bridgehead atoms. The number of amides is 2. The van der Waals surface area contributed by atoms with Crippen LogP contribution in [-0.2, 0) is 11.2 Å². The first kappa shape index (κ1) is 9.90. The van der Waals surface area contributed by atoms with Crippen molar-refractivity contribution in [2.45, 2.75) is 26.2 Å². The molecule has 1 aromatic rings. The van der Waals surface area contributed by atoms with Gasteiger partial charge in [-0.1, -0.05) is 26.0 Å². The lowest BCUT2D eigenvalue weighted by Crippen LogP contribution is -2.37. The molecule has 1 aromatic carbocycles. The van der Waals surface area contributed by atoms with Crippen molar-refractivity contribution in [1.29, 1.82) is 0 Å². The fourth-order valence-corrected chi connectivity index (χ4v) is 1.73. The lowest BCUT2D eigenvalue weighted by atomic mass is 9.93. The number of rotatable bonds is 1. The summed E-state index contributed by atoms with van der Waals surface area (Å²) < 4.78 is 0. The molecule has 0 radical (unpaired) electrons. The van der Waals surface area contributed by atoms with Gasteiger partial charge in [-0.2, -0.15) is 0 Å². The van der Waals surface area contributed by atoms with Crippen LogP contribution in [0.3, 0.4) is 0 Å². The summed E-state index contributed by atoms with van der Waals surface area (Å²) in [7, 11) is 0. The Labute approximate surface area is 88.5 Å². The topological polar surface area (TPSA) is 46.2 Å². The number of carbonyl (C=O) groups is 2. The highest BCUT2D eigenvalue weighted by Crippen LogP contribution is 2.21. The number of hydrogen-bond acceptors (Lipinski definition) is 2. The molecule has 3 nitrogen and oxygen atoms in total. The number of carbonyl (C=O) groups excluding carboxylic acids is 2. The van der Waals surface area contributed by atoms with E-state index in [-0.39, 0.29) is 11.8 Å². The summed E-state index contributed by atoms with van der Waals surface area (Å²) in [5.74, 6) is -0.103. The van der Waals surface area contributed by atoms with Gasteiger partial charge < -0.3 is 0 Å². The van der Waals surface area contributed by atoms with E-state index in [1.165, 1.54) is 0 Å². The largest absolute Gasteiger partial charge is 0.292 e. The molecule has 1 aliphatic heterocycles. The second-order valence-electron chi connectivity index (χ2n) is 4.13. The second kappa shape index (κ2) is 3.50. The Balaban J connectivity index is 2.48. The van der Waals surface area contributed by atoms with Crippen LogP contribution >= 0.6 is 0 Å². The number of hydrogen-bond donors (Lipinski definition) is 1. The zero-order valence-electron chi connectivity index (χ0n) is 8.83. The van der Waals surface area contributed by atoms with Gasteiger partial charge in [0, 0.05) is 5.56 Å². The Morgan fingerprint density at radius 2 is 2.00 bits per heavy atom. The Kier molecular flexibility index (Phi) is 2.31. The maximum atomic E-state index is 11.5. The van der Waals surface area contributed by atoms with Crippen molar-refractivity contribution in [2.24, 2.45) is 0 Å². The normalized spacial score (nSPS) is 15.1. The highest BCUT2D eigenvalue weighted by molar-refractivity contribution is 6.09. The number of nitrogens with one attached hydrogen (secondary N) is 1. The zero-order valence-corrected chi connectivity index (χ0v) is 8.83. The van der Waals surface area contributed by atoms with Crippen LogP contribution in [-0.4, -0.2) is 11.8 Å². The molecule has 1 aliphatic rings. The molecule has 0 spiro atoms. The average Bonchev–Trinajstić information content (AvgIpc) is 2.16. The molecule has 2 amide bonds. The predicted molar refractivity (Wildman–Crippen MR) is 56.7 cm³/mol. The van der Waals surface area contributed by atoms with E-state index in [0.717, 1.165) is 11.1 Å². The highest BCUT2D eigenvalue weighted by Gasteiger charge is 2.22. The van der Waals surface area contributed by atoms with Gasteiger partial charge in [0.05, 0.1) is 6.42 Å². The van der Waals surface area contributed by atoms with Crippen molar-refractivity contribution in [2.75, 3.05) is 0 Å². The Morgan fingerprint density at radius 1 is 1.27 bits per heavy atom. The first-order valence-corrected chi connectivity index (χ1v) is 5.05. The first-order valence-electron chi connectivity index (χ1n) is 5.05. The summed E-state index contributed by atoms with van der Waals surface area (Å²) in [6, 6.07) is 5.73. The maximum absolute atomic E-state index is 11.5. The summed E-state index contributed by atoms with van der Waals surface area (Å²) in [4.78, 5) is 22.7. The molecule has 0 fully saturated rings. The highest BCUT2D eigenvalue weighted by atomic mass is 16.2. The molecule has 1 N–H and O–H groups in total. The summed E-state index contributed by atoms with van der Waals surface area (Å²) in [6.45, 7) is 4.15. The standard InChI is InChI=1S/C12H13NO2/c1-7(2)8-3-4-9-6-11(14)13-12(15)10(9)5-8/h3-5,7H,6H2,1-2H3,(H,13,14,15). The quantitative estimate of drug-likeness (QED) is 0.705. The molecule has 1 heterocycles. The molecule has 0 unspecified atom stereocenters. The minimum atomic E-state index is -0.274. The van der Waals surface area contributed by atoms with Crippen LogP contribution in [0.15, 0.2) is 18.2 Å².